The summed E-state index contributed by atoms with van der Waals surface area (Å²) in [6.45, 7) is 0. The topological polar surface area (TPSA) is 26.0 Å². The van der Waals surface area contributed by atoms with Gasteiger partial charge in [-0.1, -0.05) is 45.7 Å². The summed E-state index contributed by atoms with van der Waals surface area (Å²) in [5, 5.41) is 0.637. The first-order valence-corrected chi connectivity index (χ1v) is 6.69. The molecule has 0 saturated carbocycles. The summed E-state index contributed by atoms with van der Waals surface area (Å²) in [7, 11) is 0. The van der Waals surface area contributed by atoms with Crippen LogP contribution in [0.5, 0.6) is 0 Å². The first kappa shape index (κ1) is 13.5. The van der Waals surface area contributed by atoms with Gasteiger partial charge in [0.05, 0.1) is 0 Å². The number of benzene rings is 2. The Morgan fingerprint density at radius 1 is 1.22 bits per heavy atom. The van der Waals surface area contributed by atoms with Crippen molar-refractivity contribution in [3.05, 3.63) is 68.9 Å². The first-order chi connectivity index (χ1) is 8.58. The molecule has 0 aliphatic carbocycles. The molecule has 0 radical (unpaired) electrons. The lowest BCUT2D eigenvalue weighted by atomic mass is 9.99. The molecule has 18 heavy (non-hydrogen) atoms. The van der Waals surface area contributed by atoms with E-state index in [9.17, 15) is 4.39 Å². The summed E-state index contributed by atoms with van der Waals surface area (Å²) in [6, 6.07) is 11.8. The van der Waals surface area contributed by atoms with Gasteiger partial charge in [0.15, 0.2) is 0 Å². The van der Waals surface area contributed by atoms with Crippen molar-refractivity contribution in [1.29, 1.82) is 0 Å². The highest BCUT2D eigenvalue weighted by Gasteiger charge is 2.12. The number of hydrogen-bond acceptors (Lipinski definition) is 1. The highest BCUT2D eigenvalue weighted by atomic mass is 79.9. The molecule has 4 heteroatoms. The van der Waals surface area contributed by atoms with Gasteiger partial charge < -0.3 is 5.73 Å². The summed E-state index contributed by atoms with van der Waals surface area (Å²) in [5.74, 6) is -0.264. The van der Waals surface area contributed by atoms with Crippen molar-refractivity contribution in [3.63, 3.8) is 0 Å². The van der Waals surface area contributed by atoms with Crippen molar-refractivity contribution in [3.8, 4) is 0 Å². The molecule has 0 aliphatic rings. The second-order valence-corrected chi connectivity index (χ2v) is 5.33. The molecule has 1 nitrogen and oxygen atoms in total. The maximum Gasteiger partial charge on any atom is 0.123 e. The quantitative estimate of drug-likeness (QED) is 0.883. The van der Waals surface area contributed by atoms with Gasteiger partial charge in [0.1, 0.15) is 5.82 Å². The zero-order valence-electron chi connectivity index (χ0n) is 9.54. The second-order valence-electron chi connectivity index (χ2n) is 4.07. The molecule has 2 N–H and O–H groups in total. The molecule has 0 aromatic heterocycles. The number of hydrogen-bond donors (Lipinski definition) is 1. The third-order valence-electron chi connectivity index (χ3n) is 2.75. The fourth-order valence-corrected chi connectivity index (χ4v) is 2.51. The van der Waals surface area contributed by atoms with Crippen LogP contribution in [0.1, 0.15) is 17.2 Å². The van der Waals surface area contributed by atoms with Gasteiger partial charge in [-0.15, -0.1) is 0 Å². The number of rotatable bonds is 3. The van der Waals surface area contributed by atoms with E-state index in [0.29, 0.717) is 11.4 Å². The third kappa shape index (κ3) is 3.10. The van der Waals surface area contributed by atoms with Gasteiger partial charge in [-0.2, -0.15) is 0 Å². The summed E-state index contributed by atoms with van der Waals surface area (Å²) >= 11 is 9.49. The van der Waals surface area contributed by atoms with Gasteiger partial charge >= 0.3 is 0 Å². The highest BCUT2D eigenvalue weighted by Crippen LogP contribution is 2.27. The fourth-order valence-electron chi connectivity index (χ4n) is 1.82. The van der Waals surface area contributed by atoms with Crippen LogP contribution in [-0.4, -0.2) is 0 Å². The molecule has 2 aromatic carbocycles. The maximum absolute atomic E-state index is 13.2. The normalized spacial score (nSPS) is 12.4. The van der Waals surface area contributed by atoms with Crippen molar-refractivity contribution >= 4 is 27.5 Å². The van der Waals surface area contributed by atoms with Crippen molar-refractivity contribution in [2.45, 2.75) is 12.5 Å². The van der Waals surface area contributed by atoms with Crippen LogP contribution in [0.3, 0.4) is 0 Å². The van der Waals surface area contributed by atoms with Crippen LogP contribution >= 0.6 is 27.5 Å². The third-order valence-corrected chi connectivity index (χ3v) is 3.87. The average molecular weight is 329 g/mol. The van der Waals surface area contributed by atoms with Crippen LogP contribution in [0, 0.1) is 5.82 Å². The van der Waals surface area contributed by atoms with E-state index in [2.05, 4.69) is 15.9 Å². The molecule has 1 unspecified atom stereocenters. The standard InChI is InChI=1S/C14H12BrClFN/c15-12-6-5-10(17)7-9(12)8-14(18)11-3-1-2-4-13(11)16/h1-7,14H,8,18H2. The zero-order valence-corrected chi connectivity index (χ0v) is 11.9. The SMILES string of the molecule is NC(Cc1cc(F)ccc1Br)c1ccccc1Cl. The highest BCUT2D eigenvalue weighted by molar-refractivity contribution is 9.10. The van der Waals surface area contributed by atoms with Crippen molar-refractivity contribution in [2.75, 3.05) is 0 Å². The predicted octanol–water partition coefficient (Wildman–Crippen LogP) is 4.48. The van der Waals surface area contributed by atoms with Crippen LogP contribution in [0.25, 0.3) is 0 Å². The van der Waals surface area contributed by atoms with E-state index in [1.165, 1.54) is 12.1 Å². The molecular weight excluding hydrogens is 317 g/mol. The predicted molar refractivity (Wildman–Crippen MR) is 76.2 cm³/mol. The van der Waals surface area contributed by atoms with E-state index >= 15 is 0 Å². The van der Waals surface area contributed by atoms with E-state index < -0.39 is 0 Å². The lowest BCUT2D eigenvalue weighted by Gasteiger charge is -2.14. The Balaban J connectivity index is 2.24. The molecule has 94 valence electrons. The van der Waals surface area contributed by atoms with Gasteiger partial charge in [-0.3, -0.25) is 0 Å². The Morgan fingerprint density at radius 3 is 2.67 bits per heavy atom. The Kier molecular flexibility index (Phi) is 4.38. The Labute approximate surface area is 119 Å². The lowest BCUT2D eigenvalue weighted by Crippen LogP contribution is -2.14. The molecule has 2 rings (SSSR count). The van der Waals surface area contributed by atoms with Gasteiger partial charge in [0.2, 0.25) is 0 Å². The molecule has 0 saturated heterocycles. The molecule has 1 atom stereocenters. The van der Waals surface area contributed by atoms with Crippen LogP contribution < -0.4 is 5.73 Å². The Morgan fingerprint density at radius 2 is 1.94 bits per heavy atom. The van der Waals surface area contributed by atoms with Gasteiger partial charge in [0.25, 0.3) is 0 Å². The number of halogens is 3. The molecule has 2 aromatic rings. The molecule has 0 heterocycles. The van der Waals surface area contributed by atoms with E-state index in [1.807, 2.05) is 18.2 Å². The molecule has 0 bridgehead atoms. The molecule has 0 fully saturated rings. The Hall–Kier alpha value is -0.900. The summed E-state index contributed by atoms with van der Waals surface area (Å²) in [4.78, 5) is 0. The van der Waals surface area contributed by atoms with E-state index in [1.54, 1.807) is 12.1 Å². The molecule has 0 amide bonds. The van der Waals surface area contributed by atoms with Crippen LogP contribution in [0.4, 0.5) is 4.39 Å². The summed E-state index contributed by atoms with van der Waals surface area (Å²) < 4.78 is 14.0. The maximum atomic E-state index is 13.2. The molecule has 0 spiro atoms. The van der Waals surface area contributed by atoms with E-state index in [0.717, 1.165) is 15.6 Å². The van der Waals surface area contributed by atoms with Gasteiger partial charge in [0, 0.05) is 15.5 Å². The summed E-state index contributed by atoms with van der Waals surface area (Å²) in [6.07, 6.45) is 0.530. The second kappa shape index (κ2) is 5.83. The molecule has 0 aliphatic heterocycles. The minimum atomic E-state index is -0.264. The van der Waals surface area contributed by atoms with Crippen molar-refractivity contribution in [2.24, 2.45) is 5.73 Å². The van der Waals surface area contributed by atoms with Crippen LogP contribution in [-0.2, 0) is 6.42 Å². The van der Waals surface area contributed by atoms with Gasteiger partial charge in [-0.05, 0) is 41.8 Å². The van der Waals surface area contributed by atoms with E-state index in [4.69, 9.17) is 17.3 Å². The minimum Gasteiger partial charge on any atom is -0.324 e. The van der Waals surface area contributed by atoms with Crippen LogP contribution in [0.15, 0.2) is 46.9 Å². The van der Waals surface area contributed by atoms with Crippen LogP contribution in [0.2, 0.25) is 5.02 Å². The largest absolute Gasteiger partial charge is 0.324 e. The number of nitrogens with two attached hydrogens (primary N) is 1. The smallest absolute Gasteiger partial charge is 0.123 e. The average Bonchev–Trinajstić information content (AvgIpc) is 2.34. The lowest BCUT2D eigenvalue weighted by molar-refractivity contribution is 0.621. The minimum absolute atomic E-state index is 0.253. The first-order valence-electron chi connectivity index (χ1n) is 5.52. The van der Waals surface area contributed by atoms with Crippen molar-refractivity contribution in [1.82, 2.24) is 0 Å². The summed E-state index contributed by atoms with van der Waals surface area (Å²) in [5.41, 5.74) is 7.83. The van der Waals surface area contributed by atoms with E-state index in [-0.39, 0.29) is 11.9 Å². The fraction of sp³-hybridized carbons (Fsp3) is 0.143. The Bertz CT molecular complexity index is 559. The van der Waals surface area contributed by atoms with Gasteiger partial charge in [-0.25, -0.2) is 4.39 Å². The zero-order chi connectivity index (χ0) is 13.1. The molecular formula is C14H12BrClFN. The monoisotopic (exact) mass is 327 g/mol. The van der Waals surface area contributed by atoms with Crippen molar-refractivity contribution < 1.29 is 4.39 Å².